The molecule has 0 spiro atoms. The van der Waals surface area contributed by atoms with Crippen molar-refractivity contribution in [1.82, 2.24) is 15.5 Å². The number of aliphatic hydroxyl groups excluding tert-OH is 1. The summed E-state index contributed by atoms with van der Waals surface area (Å²) in [6, 6.07) is -0.366. The average molecular weight is 229 g/mol. The van der Waals surface area contributed by atoms with E-state index >= 15 is 0 Å². The molecule has 0 saturated carbocycles. The molecule has 0 radical (unpaired) electrons. The monoisotopic (exact) mass is 229 g/mol. The second-order valence-corrected chi connectivity index (χ2v) is 4.33. The van der Waals surface area contributed by atoms with Gasteiger partial charge >= 0.3 is 0 Å². The first-order chi connectivity index (χ1) is 7.49. The Hall–Kier alpha value is -0.980. The largest absolute Gasteiger partial charge is 0.390 e. The highest BCUT2D eigenvalue weighted by Gasteiger charge is 2.26. The van der Waals surface area contributed by atoms with Crippen LogP contribution < -0.4 is 10.6 Å². The van der Waals surface area contributed by atoms with Crippen molar-refractivity contribution in [3.63, 3.8) is 0 Å². The van der Waals surface area contributed by atoms with Crippen LogP contribution in [0.4, 0.5) is 0 Å². The third-order valence-electron chi connectivity index (χ3n) is 2.41. The van der Waals surface area contributed by atoms with E-state index in [9.17, 15) is 14.7 Å². The van der Waals surface area contributed by atoms with Crippen molar-refractivity contribution in [2.45, 2.75) is 25.0 Å². The van der Waals surface area contributed by atoms with Gasteiger partial charge in [0.25, 0.3) is 0 Å². The van der Waals surface area contributed by atoms with Crippen molar-refractivity contribution in [3.8, 4) is 0 Å². The Bertz CT molecular complexity index is 268. The fourth-order valence-corrected chi connectivity index (χ4v) is 1.65. The predicted molar refractivity (Wildman–Crippen MR) is 58.7 cm³/mol. The summed E-state index contributed by atoms with van der Waals surface area (Å²) in [6.45, 7) is 0.894. The number of carbonyl (C=O) groups is 2. The van der Waals surface area contributed by atoms with Crippen molar-refractivity contribution in [2.24, 2.45) is 0 Å². The van der Waals surface area contributed by atoms with E-state index in [4.69, 9.17) is 0 Å². The second-order valence-electron chi connectivity index (χ2n) is 4.33. The van der Waals surface area contributed by atoms with Crippen LogP contribution in [0.25, 0.3) is 0 Å². The van der Waals surface area contributed by atoms with Gasteiger partial charge in [-0.2, -0.15) is 0 Å². The van der Waals surface area contributed by atoms with Crippen LogP contribution in [0.3, 0.4) is 0 Å². The molecule has 1 aliphatic heterocycles. The van der Waals surface area contributed by atoms with E-state index in [0.717, 1.165) is 0 Å². The molecule has 1 heterocycles. The van der Waals surface area contributed by atoms with Crippen molar-refractivity contribution in [1.29, 1.82) is 0 Å². The van der Waals surface area contributed by atoms with Crippen LogP contribution in [0.1, 0.15) is 12.8 Å². The highest BCUT2D eigenvalue weighted by atomic mass is 16.3. The number of aliphatic hydroxyl groups is 1. The molecule has 16 heavy (non-hydrogen) atoms. The molecule has 0 aromatic heterocycles. The fourth-order valence-electron chi connectivity index (χ4n) is 1.65. The van der Waals surface area contributed by atoms with Crippen LogP contribution in [0.2, 0.25) is 0 Å². The van der Waals surface area contributed by atoms with Gasteiger partial charge in [-0.1, -0.05) is 0 Å². The van der Waals surface area contributed by atoms with Crippen LogP contribution in [0.5, 0.6) is 0 Å². The average Bonchev–Trinajstić information content (AvgIpc) is 2.15. The number of hydrogen-bond acceptors (Lipinski definition) is 5. The number of piperidine rings is 1. The van der Waals surface area contributed by atoms with Gasteiger partial charge < -0.3 is 15.3 Å². The summed E-state index contributed by atoms with van der Waals surface area (Å²) in [5, 5.41) is 14.8. The van der Waals surface area contributed by atoms with E-state index in [1.807, 2.05) is 19.0 Å². The summed E-state index contributed by atoms with van der Waals surface area (Å²) in [7, 11) is 3.74. The van der Waals surface area contributed by atoms with Gasteiger partial charge in [-0.25, -0.2) is 0 Å². The van der Waals surface area contributed by atoms with Gasteiger partial charge in [-0.3, -0.25) is 14.9 Å². The van der Waals surface area contributed by atoms with E-state index in [0.29, 0.717) is 25.9 Å². The number of imide groups is 1. The van der Waals surface area contributed by atoms with Crippen molar-refractivity contribution < 1.29 is 14.7 Å². The van der Waals surface area contributed by atoms with Crippen LogP contribution in [0, 0.1) is 0 Å². The molecule has 0 aliphatic carbocycles. The molecular formula is C10H19N3O3. The molecule has 0 aromatic carbocycles. The molecule has 6 heteroatoms. The summed E-state index contributed by atoms with van der Waals surface area (Å²) in [5.74, 6) is -0.523. The zero-order chi connectivity index (χ0) is 12.1. The third-order valence-corrected chi connectivity index (χ3v) is 2.41. The first-order valence-electron chi connectivity index (χ1n) is 5.39. The molecule has 2 unspecified atom stereocenters. The lowest BCUT2D eigenvalue weighted by atomic mass is 10.1. The third kappa shape index (κ3) is 4.26. The first kappa shape index (κ1) is 13.1. The fraction of sp³-hybridized carbons (Fsp3) is 0.800. The Morgan fingerprint density at radius 1 is 1.56 bits per heavy atom. The minimum atomic E-state index is -0.513. The number of amides is 2. The van der Waals surface area contributed by atoms with E-state index in [2.05, 4.69) is 10.6 Å². The Morgan fingerprint density at radius 3 is 2.81 bits per heavy atom. The summed E-state index contributed by atoms with van der Waals surface area (Å²) >= 11 is 0. The van der Waals surface area contributed by atoms with Crippen LogP contribution in [0.15, 0.2) is 0 Å². The Kier molecular flexibility index (Phi) is 4.85. The Morgan fingerprint density at radius 2 is 2.25 bits per heavy atom. The van der Waals surface area contributed by atoms with Gasteiger partial charge in [0.15, 0.2) is 0 Å². The van der Waals surface area contributed by atoms with Crippen molar-refractivity contribution >= 4 is 11.8 Å². The van der Waals surface area contributed by atoms with Gasteiger partial charge in [0.2, 0.25) is 11.8 Å². The standard InChI is InChI=1S/C10H19N3O3/c1-13(2)6-7(14)5-11-8-3-4-9(15)12-10(8)16/h7-8,11,14H,3-6H2,1-2H3,(H,12,15,16). The quantitative estimate of drug-likeness (QED) is 0.490. The van der Waals surface area contributed by atoms with E-state index in [1.54, 1.807) is 0 Å². The Balaban J connectivity index is 2.27. The molecular weight excluding hydrogens is 210 g/mol. The van der Waals surface area contributed by atoms with Gasteiger partial charge in [0, 0.05) is 19.5 Å². The molecule has 1 aliphatic rings. The lowest BCUT2D eigenvalue weighted by Crippen LogP contribution is -2.52. The maximum Gasteiger partial charge on any atom is 0.243 e. The Labute approximate surface area is 95.0 Å². The molecule has 1 rings (SSSR count). The van der Waals surface area contributed by atoms with Crippen molar-refractivity contribution in [3.05, 3.63) is 0 Å². The maximum atomic E-state index is 11.4. The van der Waals surface area contributed by atoms with Crippen LogP contribution in [-0.4, -0.2) is 61.2 Å². The predicted octanol–water partition coefficient (Wildman–Crippen LogP) is -1.70. The van der Waals surface area contributed by atoms with E-state index in [1.165, 1.54) is 0 Å². The second kappa shape index (κ2) is 5.93. The molecule has 1 fully saturated rings. The lowest BCUT2D eigenvalue weighted by Gasteiger charge is -2.24. The van der Waals surface area contributed by atoms with E-state index in [-0.39, 0.29) is 17.9 Å². The lowest BCUT2D eigenvalue weighted by molar-refractivity contribution is -0.134. The zero-order valence-electron chi connectivity index (χ0n) is 9.69. The van der Waals surface area contributed by atoms with Crippen LogP contribution in [-0.2, 0) is 9.59 Å². The number of nitrogens with zero attached hydrogens (tertiary/aromatic N) is 1. The van der Waals surface area contributed by atoms with E-state index < -0.39 is 6.10 Å². The summed E-state index contributed by atoms with van der Waals surface area (Å²) in [4.78, 5) is 24.1. The summed E-state index contributed by atoms with van der Waals surface area (Å²) in [5.41, 5.74) is 0. The highest BCUT2D eigenvalue weighted by molar-refractivity contribution is 6.00. The zero-order valence-corrected chi connectivity index (χ0v) is 9.69. The molecule has 92 valence electrons. The molecule has 0 aromatic rings. The molecule has 2 atom stereocenters. The molecule has 3 N–H and O–H groups in total. The number of carbonyl (C=O) groups excluding carboxylic acids is 2. The SMILES string of the molecule is CN(C)CC(O)CNC1CCC(=O)NC1=O. The number of rotatable bonds is 5. The van der Waals surface area contributed by atoms with Crippen molar-refractivity contribution in [2.75, 3.05) is 27.2 Å². The van der Waals surface area contributed by atoms with Gasteiger partial charge in [-0.05, 0) is 20.5 Å². The topological polar surface area (TPSA) is 81.7 Å². The minimum Gasteiger partial charge on any atom is -0.390 e. The smallest absolute Gasteiger partial charge is 0.243 e. The highest BCUT2D eigenvalue weighted by Crippen LogP contribution is 2.04. The minimum absolute atomic E-state index is 0.225. The normalized spacial score (nSPS) is 23.4. The first-order valence-corrected chi connectivity index (χ1v) is 5.39. The molecule has 6 nitrogen and oxygen atoms in total. The van der Waals surface area contributed by atoms with Gasteiger partial charge in [0.05, 0.1) is 12.1 Å². The maximum absolute atomic E-state index is 11.4. The number of hydrogen-bond donors (Lipinski definition) is 3. The summed E-state index contributed by atoms with van der Waals surface area (Å²) in [6.07, 6.45) is 0.340. The van der Waals surface area contributed by atoms with Gasteiger partial charge in [-0.15, -0.1) is 0 Å². The molecule has 1 saturated heterocycles. The molecule has 0 bridgehead atoms. The summed E-state index contributed by atoms with van der Waals surface area (Å²) < 4.78 is 0. The molecule has 2 amide bonds. The number of likely N-dealkylation sites (N-methyl/N-ethyl adjacent to an activating group) is 1. The number of nitrogens with one attached hydrogen (secondary N) is 2. The van der Waals surface area contributed by atoms with Crippen LogP contribution >= 0.6 is 0 Å². The van der Waals surface area contributed by atoms with Gasteiger partial charge in [0.1, 0.15) is 0 Å².